The molecule has 0 bridgehead atoms. The van der Waals surface area contributed by atoms with Crippen molar-refractivity contribution >= 4 is 50.7 Å². The van der Waals surface area contributed by atoms with Crippen LogP contribution in [0.5, 0.6) is 0 Å². The summed E-state index contributed by atoms with van der Waals surface area (Å²) in [5, 5.41) is 10.4. The molecule has 0 saturated carbocycles. The number of aromatic nitrogens is 1. The van der Waals surface area contributed by atoms with Gasteiger partial charge in [0.05, 0.1) is 20.2 Å². The molecule has 0 amide bonds. The summed E-state index contributed by atoms with van der Waals surface area (Å²) in [6, 6.07) is 7.33. The third-order valence-corrected chi connectivity index (χ3v) is 4.52. The van der Waals surface area contributed by atoms with Crippen LogP contribution in [0.3, 0.4) is 0 Å². The van der Waals surface area contributed by atoms with E-state index < -0.39 is 0 Å². The van der Waals surface area contributed by atoms with Crippen LogP contribution in [0.25, 0.3) is 11.3 Å². The summed E-state index contributed by atoms with van der Waals surface area (Å²) in [7, 11) is 1.78. The first-order valence-corrected chi connectivity index (χ1v) is 6.79. The highest BCUT2D eigenvalue weighted by Crippen LogP contribution is 2.38. The Balaban J connectivity index is 2.72. The molecule has 92 valence electrons. The predicted octanol–water partition coefficient (Wildman–Crippen LogP) is 5.29. The minimum absolute atomic E-state index is 0.380. The normalized spacial score (nSPS) is 10.4. The van der Waals surface area contributed by atoms with Crippen molar-refractivity contribution in [2.45, 2.75) is 0 Å². The molecule has 2 rings (SSSR count). The third-order valence-electron chi connectivity index (χ3n) is 2.57. The van der Waals surface area contributed by atoms with E-state index in [0.29, 0.717) is 25.2 Å². The number of rotatable bonds is 1. The maximum Gasteiger partial charge on any atom is 0.128 e. The second kappa shape index (κ2) is 5.14. The van der Waals surface area contributed by atoms with Crippen molar-refractivity contribution in [3.63, 3.8) is 0 Å². The van der Waals surface area contributed by atoms with Gasteiger partial charge in [-0.25, -0.2) is 0 Å². The van der Waals surface area contributed by atoms with Crippen LogP contribution in [-0.4, -0.2) is 4.57 Å². The van der Waals surface area contributed by atoms with Gasteiger partial charge in [0.15, 0.2) is 0 Å². The zero-order chi connectivity index (χ0) is 13.4. The quantitative estimate of drug-likeness (QED) is 0.676. The van der Waals surface area contributed by atoms with E-state index in [1.165, 1.54) is 0 Å². The molecule has 0 unspecified atom stereocenters. The lowest BCUT2D eigenvalue weighted by molar-refractivity contribution is 0.935. The second-order valence-electron chi connectivity index (χ2n) is 3.63. The zero-order valence-corrected chi connectivity index (χ0v) is 13.0. The van der Waals surface area contributed by atoms with Crippen LogP contribution in [0, 0.1) is 11.3 Å². The van der Waals surface area contributed by atoms with Gasteiger partial charge in [-0.15, -0.1) is 0 Å². The lowest BCUT2D eigenvalue weighted by Gasteiger charge is -2.06. The minimum Gasteiger partial charge on any atom is -0.333 e. The summed E-state index contributed by atoms with van der Waals surface area (Å²) in [4.78, 5) is 0. The maximum atomic E-state index is 9.06. The van der Waals surface area contributed by atoms with Crippen LogP contribution in [0.2, 0.25) is 15.2 Å². The smallest absolute Gasteiger partial charge is 0.128 e. The Morgan fingerprint density at radius 2 is 1.89 bits per heavy atom. The number of benzene rings is 1. The fourth-order valence-electron chi connectivity index (χ4n) is 1.68. The fourth-order valence-corrected chi connectivity index (χ4v) is 3.09. The van der Waals surface area contributed by atoms with Crippen molar-refractivity contribution in [1.29, 1.82) is 5.26 Å². The van der Waals surface area contributed by atoms with Gasteiger partial charge in [0, 0.05) is 12.6 Å². The monoisotopic (exact) mass is 362 g/mol. The average molecular weight is 364 g/mol. The molecule has 2 nitrogen and oxygen atoms in total. The standard InChI is InChI=1S/C12H6BrCl3N2/c1-18-11(10(13)7(5-17)12(18)16)6-2-3-8(14)9(15)4-6/h2-4H,1H3. The first-order valence-electron chi connectivity index (χ1n) is 4.86. The van der Waals surface area contributed by atoms with Crippen molar-refractivity contribution in [3.05, 3.63) is 43.4 Å². The van der Waals surface area contributed by atoms with E-state index in [0.717, 1.165) is 11.3 Å². The molecular weight excluding hydrogens is 358 g/mol. The lowest BCUT2D eigenvalue weighted by Crippen LogP contribution is -1.91. The SMILES string of the molecule is Cn1c(Cl)c(C#N)c(Br)c1-c1ccc(Cl)c(Cl)c1. The van der Waals surface area contributed by atoms with E-state index in [1.807, 2.05) is 6.07 Å². The first kappa shape index (κ1) is 13.8. The highest BCUT2D eigenvalue weighted by Gasteiger charge is 2.19. The van der Waals surface area contributed by atoms with Gasteiger partial charge in [-0.05, 0) is 28.1 Å². The molecule has 1 aromatic carbocycles. The van der Waals surface area contributed by atoms with Crippen LogP contribution in [0.15, 0.2) is 22.7 Å². The topological polar surface area (TPSA) is 28.7 Å². The van der Waals surface area contributed by atoms with Gasteiger partial charge >= 0.3 is 0 Å². The molecule has 2 aromatic rings. The van der Waals surface area contributed by atoms with Gasteiger partial charge in [0.25, 0.3) is 0 Å². The molecule has 18 heavy (non-hydrogen) atoms. The Morgan fingerprint density at radius 1 is 1.22 bits per heavy atom. The van der Waals surface area contributed by atoms with Gasteiger partial charge in [-0.3, -0.25) is 0 Å². The molecule has 1 heterocycles. The van der Waals surface area contributed by atoms with E-state index in [4.69, 9.17) is 40.1 Å². The summed E-state index contributed by atoms with van der Waals surface area (Å²) in [6.45, 7) is 0. The third kappa shape index (κ3) is 2.15. The summed E-state index contributed by atoms with van der Waals surface area (Å²) >= 11 is 21.4. The Morgan fingerprint density at radius 3 is 2.39 bits per heavy atom. The van der Waals surface area contributed by atoms with E-state index in [9.17, 15) is 0 Å². The van der Waals surface area contributed by atoms with Crippen LogP contribution in [0.4, 0.5) is 0 Å². The number of hydrogen-bond donors (Lipinski definition) is 0. The zero-order valence-electron chi connectivity index (χ0n) is 9.14. The molecule has 0 N–H and O–H groups in total. The number of halogens is 4. The Kier molecular flexibility index (Phi) is 3.93. The van der Waals surface area contributed by atoms with E-state index >= 15 is 0 Å². The lowest BCUT2D eigenvalue weighted by atomic mass is 10.1. The summed E-state index contributed by atoms with van der Waals surface area (Å²) < 4.78 is 2.37. The molecule has 0 aliphatic rings. The number of nitriles is 1. The average Bonchev–Trinajstić information content (AvgIpc) is 2.54. The molecule has 0 saturated heterocycles. The molecule has 0 fully saturated rings. The van der Waals surface area contributed by atoms with Crippen molar-refractivity contribution in [3.8, 4) is 17.3 Å². The molecule has 6 heteroatoms. The van der Waals surface area contributed by atoms with Crippen LogP contribution in [0.1, 0.15) is 5.56 Å². The van der Waals surface area contributed by atoms with E-state index in [2.05, 4.69) is 22.0 Å². The van der Waals surface area contributed by atoms with Gasteiger partial charge in [-0.1, -0.05) is 40.9 Å². The van der Waals surface area contributed by atoms with Crippen molar-refractivity contribution in [1.82, 2.24) is 4.57 Å². The Labute approximate surface area is 128 Å². The largest absolute Gasteiger partial charge is 0.333 e. The van der Waals surface area contributed by atoms with Gasteiger partial charge in [0.1, 0.15) is 16.8 Å². The molecule has 0 aliphatic heterocycles. The van der Waals surface area contributed by atoms with Gasteiger partial charge in [0.2, 0.25) is 0 Å². The Hall–Kier alpha value is -0.660. The molecule has 1 aromatic heterocycles. The molecule has 0 aliphatic carbocycles. The highest BCUT2D eigenvalue weighted by molar-refractivity contribution is 9.10. The number of hydrogen-bond acceptors (Lipinski definition) is 1. The van der Waals surface area contributed by atoms with Crippen molar-refractivity contribution < 1.29 is 0 Å². The molecule has 0 spiro atoms. The van der Waals surface area contributed by atoms with E-state index in [1.54, 1.807) is 23.7 Å². The summed E-state index contributed by atoms with van der Waals surface area (Å²) in [5.74, 6) is 0. The van der Waals surface area contributed by atoms with Crippen LogP contribution in [-0.2, 0) is 7.05 Å². The molecule has 0 atom stereocenters. The predicted molar refractivity (Wildman–Crippen MR) is 78.3 cm³/mol. The molecule has 0 radical (unpaired) electrons. The minimum atomic E-state index is 0.380. The summed E-state index contributed by atoms with van der Waals surface area (Å²) in [5.41, 5.74) is 2.03. The first-order chi connectivity index (χ1) is 8.47. The maximum absolute atomic E-state index is 9.06. The van der Waals surface area contributed by atoms with Crippen molar-refractivity contribution in [2.24, 2.45) is 7.05 Å². The van der Waals surface area contributed by atoms with Gasteiger partial charge < -0.3 is 4.57 Å². The summed E-state index contributed by atoms with van der Waals surface area (Å²) in [6.07, 6.45) is 0. The highest BCUT2D eigenvalue weighted by atomic mass is 79.9. The molecular formula is C12H6BrCl3N2. The van der Waals surface area contributed by atoms with Crippen LogP contribution < -0.4 is 0 Å². The Bertz CT molecular complexity index is 671. The van der Waals surface area contributed by atoms with Gasteiger partial charge in [-0.2, -0.15) is 5.26 Å². The van der Waals surface area contributed by atoms with E-state index in [-0.39, 0.29) is 0 Å². The van der Waals surface area contributed by atoms with Crippen molar-refractivity contribution in [2.75, 3.05) is 0 Å². The fraction of sp³-hybridized carbons (Fsp3) is 0.0833. The van der Waals surface area contributed by atoms with Crippen LogP contribution >= 0.6 is 50.7 Å². The number of nitrogens with zero attached hydrogens (tertiary/aromatic N) is 2. The second-order valence-corrected chi connectivity index (χ2v) is 5.59.